The highest BCUT2D eigenvalue weighted by Gasteiger charge is 2.35. The van der Waals surface area contributed by atoms with Gasteiger partial charge in [-0.15, -0.1) is 0 Å². The van der Waals surface area contributed by atoms with Gasteiger partial charge in [0.25, 0.3) is 15.9 Å². The molecule has 1 saturated heterocycles. The van der Waals surface area contributed by atoms with Crippen LogP contribution in [0.1, 0.15) is 34.3 Å². The number of rotatable bonds is 7. The summed E-state index contributed by atoms with van der Waals surface area (Å²) in [4.78, 5) is 13.0. The Hall–Kier alpha value is -2.87. The first-order chi connectivity index (χ1) is 16.3. The van der Waals surface area contributed by atoms with Crippen LogP contribution in [0.5, 0.6) is 0 Å². The van der Waals surface area contributed by atoms with Crippen LogP contribution >= 0.6 is 11.6 Å². The maximum atomic E-state index is 12.9. The van der Waals surface area contributed by atoms with E-state index in [1.165, 1.54) is 24.3 Å². The summed E-state index contributed by atoms with van der Waals surface area (Å²) in [7, 11) is -3.76. The fourth-order valence-electron chi connectivity index (χ4n) is 4.12. The molecule has 0 atom stereocenters. The summed E-state index contributed by atoms with van der Waals surface area (Å²) in [6.45, 7) is 3.59. The molecule has 8 heteroatoms. The molecule has 0 saturated carbocycles. The molecular formula is C26H27ClN2O4S. The molecule has 3 aromatic rings. The molecule has 1 amide bonds. The van der Waals surface area contributed by atoms with Crippen LogP contribution in [0.15, 0.2) is 77.7 Å². The van der Waals surface area contributed by atoms with Crippen LogP contribution in [0.4, 0.5) is 5.69 Å². The molecule has 0 bridgehead atoms. The number of amides is 1. The number of carbonyl (C=O) groups is 1. The van der Waals surface area contributed by atoms with E-state index in [2.05, 4.69) is 10.0 Å². The lowest BCUT2D eigenvalue weighted by Crippen LogP contribution is -2.44. The molecule has 1 fully saturated rings. The van der Waals surface area contributed by atoms with Crippen molar-refractivity contribution >= 4 is 33.2 Å². The molecule has 2 N–H and O–H groups in total. The minimum absolute atomic E-state index is 0.0875. The molecule has 0 radical (unpaired) electrons. The topological polar surface area (TPSA) is 84.5 Å². The van der Waals surface area contributed by atoms with Crippen LogP contribution < -0.4 is 10.0 Å². The van der Waals surface area contributed by atoms with Crippen molar-refractivity contribution in [2.24, 2.45) is 0 Å². The third-order valence-corrected chi connectivity index (χ3v) is 7.84. The summed E-state index contributed by atoms with van der Waals surface area (Å²) in [5.41, 5.74) is 2.72. The van der Waals surface area contributed by atoms with Crippen molar-refractivity contribution in [3.05, 3.63) is 94.5 Å². The van der Waals surface area contributed by atoms with Gasteiger partial charge in [-0.1, -0.05) is 41.4 Å². The van der Waals surface area contributed by atoms with Gasteiger partial charge in [-0.25, -0.2) is 8.42 Å². The summed E-state index contributed by atoms with van der Waals surface area (Å²) in [5, 5.41) is 3.69. The van der Waals surface area contributed by atoms with E-state index in [1.807, 2.05) is 43.3 Å². The molecule has 0 unspecified atom stereocenters. The zero-order valence-electron chi connectivity index (χ0n) is 18.9. The van der Waals surface area contributed by atoms with E-state index in [9.17, 15) is 13.2 Å². The Kier molecular flexibility index (Phi) is 7.26. The van der Waals surface area contributed by atoms with Crippen molar-refractivity contribution in [1.82, 2.24) is 5.32 Å². The van der Waals surface area contributed by atoms with Crippen LogP contribution in [-0.4, -0.2) is 34.1 Å². The van der Waals surface area contributed by atoms with Gasteiger partial charge in [0.1, 0.15) is 0 Å². The number of nitrogens with one attached hydrogen (secondary N) is 2. The van der Waals surface area contributed by atoms with Crippen LogP contribution in [0, 0.1) is 6.92 Å². The molecule has 178 valence electrons. The molecular weight excluding hydrogens is 472 g/mol. The first kappa shape index (κ1) is 24.3. The fourth-order valence-corrected chi connectivity index (χ4v) is 5.37. The lowest BCUT2D eigenvalue weighted by molar-refractivity contribution is 0.0487. The molecule has 0 aromatic heterocycles. The zero-order chi connectivity index (χ0) is 24.2. The molecule has 1 aliphatic rings. The van der Waals surface area contributed by atoms with E-state index >= 15 is 0 Å². The Bertz CT molecular complexity index is 1250. The number of hydrogen-bond acceptors (Lipinski definition) is 4. The largest absolute Gasteiger partial charge is 0.381 e. The van der Waals surface area contributed by atoms with Gasteiger partial charge in [0.15, 0.2) is 0 Å². The third kappa shape index (κ3) is 5.60. The molecule has 1 heterocycles. The predicted molar refractivity (Wildman–Crippen MR) is 134 cm³/mol. The smallest absolute Gasteiger partial charge is 0.261 e. The normalized spacial score (nSPS) is 15.5. The maximum Gasteiger partial charge on any atom is 0.261 e. The second-order valence-corrected chi connectivity index (χ2v) is 10.7. The highest BCUT2D eigenvalue weighted by atomic mass is 35.5. The number of anilines is 1. The van der Waals surface area contributed by atoms with E-state index in [-0.39, 0.29) is 16.2 Å². The first-order valence-corrected chi connectivity index (χ1v) is 13.0. The van der Waals surface area contributed by atoms with Gasteiger partial charge in [-0.3, -0.25) is 9.52 Å². The Morgan fingerprint density at radius 3 is 2.32 bits per heavy atom. The lowest BCUT2D eigenvalue weighted by Gasteiger charge is -2.38. The van der Waals surface area contributed by atoms with Gasteiger partial charge in [-0.05, 0) is 73.9 Å². The first-order valence-electron chi connectivity index (χ1n) is 11.1. The number of hydrogen-bond donors (Lipinski definition) is 2. The predicted octanol–water partition coefficient (Wildman–Crippen LogP) is 4.93. The molecule has 0 spiro atoms. The average Bonchev–Trinajstić information content (AvgIpc) is 2.84. The van der Waals surface area contributed by atoms with Gasteiger partial charge in [-0.2, -0.15) is 0 Å². The molecule has 0 aliphatic carbocycles. The van der Waals surface area contributed by atoms with E-state index < -0.39 is 10.0 Å². The minimum Gasteiger partial charge on any atom is -0.381 e. The van der Waals surface area contributed by atoms with Gasteiger partial charge >= 0.3 is 0 Å². The summed E-state index contributed by atoms with van der Waals surface area (Å²) in [6, 6.07) is 20.7. The van der Waals surface area contributed by atoms with Gasteiger partial charge in [0.2, 0.25) is 0 Å². The number of halogens is 1. The van der Waals surface area contributed by atoms with Gasteiger partial charge in [0.05, 0.1) is 4.90 Å². The van der Waals surface area contributed by atoms with Crippen molar-refractivity contribution in [3.63, 3.8) is 0 Å². The molecule has 4 rings (SSSR count). The monoisotopic (exact) mass is 498 g/mol. The van der Waals surface area contributed by atoms with Crippen molar-refractivity contribution in [1.29, 1.82) is 0 Å². The van der Waals surface area contributed by atoms with E-state index in [1.54, 1.807) is 12.1 Å². The number of carbonyl (C=O) groups excluding carboxylic acids is 1. The summed E-state index contributed by atoms with van der Waals surface area (Å²) < 4.78 is 33.5. The highest BCUT2D eigenvalue weighted by Crippen LogP contribution is 2.35. The van der Waals surface area contributed by atoms with E-state index in [4.69, 9.17) is 16.3 Å². The van der Waals surface area contributed by atoms with Crippen molar-refractivity contribution < 1.29 is 17.9 Å². The Morgan fingerprint density at radius 2 is 1.68 bits per heavy atom. The molecule has 1 aliphatic heterocycles. The summed E-state index contributed by atoms with van der Waals surface area (Å²) in [5.74, 6) is -0.261. The quantitative estimate of drug-likeness (QED) is 0.484. The Balaban J connectivity index is 1.45. The standard InChI is InChI=1S/C26H27ClN2O4S/c1-19-5-9-23(10-6-19)29-34(31,32)24-11-7-20(8-12-24)25(30)28-18-26(13-15-33-16-14-26)21-3-2-4-22(27)17-21/h2-12,17,29H,13-16,18H2,1H3,(H,28,30). The van der Waals surface area contributed by atoms with Crippen LogP contribution in [0.25, 0.3) is 0 Å². The molecule has 34 heavy (non-hydrogen) atoms. The average molecular weight is 499 g/mol. The second-order valence-electron chi connectivity index (χ2n) is 8.58. The maximum absolute atomic E-state index is 12.9. The Labute approximate surface area is 205 Å². The molecule has 3 aromatic carbocycles. The van der Waals surface area contributed by atoms with E-state index in [0.717, 1.165) is 24.0 Å². The van der Waals surface area contributed by atoms with Crippen molar-refractivity contribution in [3.8, 4) is 0 Å². The van der Waals surface area contributed by atoms with Crippen LogP contribution in [0.2, 0.25) is 5.02 Å². The molecule has 6 nitrogen and oxygen atoms in total. The zero-order valence-corrected chi connectivity index (χ0v) is 20.5. The number of aryl methyl sites for hydroxylation is 1. The Morgan fingerprint density at radius 1 is 1.00 bits per heavy atom. The summed E-state index contributed by atoms with van der Waals surface area (Å²) >= 11 is 6.22. The highest BCUT2D eigenvalue weighted by molar-refractivity contribution is 7.92. The minimum atomic E-state index is -3.76. The lowest BCUT2D eigenvalue weighted by atomic mass is 9.74. The SMILES string of the molecule is Cc1ccc(NS(=O)(=O)c2ccc(C(=O)NCC3(c4cccc(Cl)c4)CCOCC3)cc2)cc1. The van der Waals surface area contributed by atoms with Crippen molar-refractivity contribution in [2.45, 2.75) is 30.1 Å². The fraction of sp³-hybridized carbons (Fsp3) is 0.269. The third-order valence-electron chi connectivity index (χ3n) is 6.20. The second kappa shape index (κ2) is 10.2. The van der Waals surface area contributed by atoms with Crippen molar-refractivity contribution in [2.75, 3.05) is 24.5 Å². The number of benzene rings is 3. The van der Waals surface area contributed by atoms with Crippen LogP contribution in [0.3, 0.4) is 0 Å². The summed E-state index contributed by atoms with van der Waals surface area (Å²) in [6.07, 6.45) is 1.55. The van der Waals surface area contributed by atoms with E-state index in [0.29, 0.717) is 36.0 Å². The number of ether oxygens (including phenoxy) is 1. The number of sulfonamides is 1. The van der Waals surface area contributed by atoms with Crippen LogP contribution in [-0.2, 0) is 20.2 Å². The van der Waals surface area contributed by atoms with Gasteiger partial charge in [0, 0.05) is 41.4 Å². The van der Waals surface area contributed by atoms with Gasteiger partial charge < -0.3 is 10.1 Å².